The minimum absolute atomic E-state index is 0.758. The zero-order chi connectivity index (χ0) is 21.8. The van der Waals surface area contributed by atoms with Gasteiger partial charge in [-0.25, -0.2) is 19.9 Å². The number of hydrogen-bond acceptors (Lipinski definition) is 8. The van der Waals surface area contributed by atoms with Crippen molar-refractivity contribution in [3.05, 3.63) is 24.0 Å². The van der Waals surface area contributed by atoms with E-state index < -0.39 is 0 Å². The van der Waals surface area contributed by atoms with Gasteiger partial charge < -0.3 is 10.6 Å². The van der Waals surface area contributed by atoms with Crippen molar-refractivity contribution >= 4 is 33.7 Å². The molecule has 0 aliphatic carbocycles. The molecule has 0 radical (unpaired) electrons. The van der Waals surface area contributed by atoms with Crippen LogP contribution in [-0.4, -0.2) is 52.6 Å². The van der Waals surface area contributed by atoms with Crippen molar-refractivity contribution in [2.75, 3.05) is 23.7 Å². The Labute approximate surface area is 181 Å². The van der Waals surface area contributed by atoms with Gasteiger partial charge in [-0.3, -0.25) is 9.36 Å². The summed E-state index contributed by atoms with van der Waals surface area (Å²) in [5.74, 6) is 3.27. The first-order valence-corrected chi connectivity index (χ1v) is 10.8. The average molecular weight is 423 g/mol. The lowest BCUT2D eigenvalue weighted by Crippen LogP contribution is -2.07. The van der Waals surface area contributed by atoms with Crippen LogP contribution in [-0.2, 0) is 14.1 Å². The Kier molecular flexibility index (Phi) is 6.24. The van der Waals surface area contributed by atoms with Gasteiger partial charge in [-0.15, -0.1) is 0 Å². The Balaban J connectivity index is 1.15. The third-order valence-corrected chi connectivity index (χ3v) is 5.35. The first kappa shape index (κ1) is 21.0. The van der Waals surface area contributed by atoms with Crippen molar-refractivity contribution in [2.45, 2.75) is 46.0 Å². The van der Waals surface area contributed by atoms with Crippen LogP contribution >= 0.6 is 0 Å². The summed E-state index contributed by atoms with van der Waals surface area (Å²) in [7, 11) is 3.80. The number of nitrogens with zero attached hydrogens (tertiary/aromatic N) is 8. The lowest BCUT2D eigenvalue weighted by atomic mass is 10.1. The summed E-state index contributed by atoms with van der Waals surface area (Å²) in [6.07, 6.45) is 9.45. The van der Waals surface area contributed by atoms with Crippen LogP contribution in [0.2, 0.25) is 0 Å². The molecule has 0 aliphatic heterocycles. The van der Waals surface area contributed by atoms with Crippen LogP contribution in [0.25, 0.3) is 22.1 Å². The summed E-state index contributed by atoms with van der Waals surface area (Å²) in [5.41, 5.74) is 1.73. The largest absolute Gasteiger partial charge is 0.369 e. The molecule has 0 atom stereocenters. The molecule has 4 heterocycles. The van der Waals surface area contributed by atoms with Gasteiger partial charge in [0, 0.05) is 27.2 Å². The van der Waals surface area contributed by atoms with E-state index in [-0.39, 0.29) is 0 Å². The molecular weight excluding hydrogens is 392 g/mol. The average Bonchev–Trinajstić information content (AvgIpc) is 3.29. The number of aryl methyl sites for hydroxylation is 4. The quantitative estimate of drug-likeness (QED) is 0.375. The molecule has 2 N–H and O–H groups in total. The minimum Gasteiger partial charge on any atom is -0.369 e. The number of unbranched alkanes of at least 4 members (excludes halogenated alkanes) is 4. The highest BCUT2D eigenvalue weighted by molar-refractivity contribution is 5.87. The van der Waals surface area contributed by atoms with Crippen LogP contribution in [0.5, 0.6) is 0 Å². The predicted octanol–water partition coefficient (Wildman–Crippen LogP) is 3.13. The molecule has 0 unspecified atom stereocenters. The van der Waals surface area contributed by atoms with Crippen molar-refractivity contribution in [2.24, 2.45) is 14.1 Å². The Bertz CT molecular complexity index is 1080. The summed E-state index contributed by atoms with van der Waals surface area (Å²) in [6.45, 7) is 5.62. The molecule has 10 heteroatoms. The SMILES string of the molecule is Cc1nc(NCCCCCCCNc2nc(C)nc3c2cnn3C)c2cnn(C)c2n1. The second-order valence-electron chi connectivity index (χ2n) is 7.87. The van der Waals surface area contributed by atoms with Gasteiger partial charge in [-0.1, -0.05) is 19.3 Å². The van der Waals surface area contributed by atoms with E-state index in [2.05, 4.69) is 40.8 Å². The summed E-state index contributed by atoms with van der Waals surface area (Å²) in [5, 5.41) is 17.4. The third-order valence-electron chi connectivity index (χ3n) is 5.35. The van der Waals surface area contributed by atoms with E-state index >= 15 is 0 Å². The molecule has 4 rings (SSSR count). The standard InChI is InChI=1S/C21H30N10/c1-14-26-18(16-12-24-30(3)20(16)28-14)22-10-8-6-5-7-9-11-23-19-17-13-25-31(4)21(17)29-15(2)27-19/h12-13H,5-11H2,1-4H3,(H,22,26,28)(H,23,27,29). The van der Waals surface area contributed by atoms with Crippen molar-refractivity contribution in [3.8, 4) is 0 Å². The van der Waals surface area contributed by atoms with Crippen LogP contribution in [0.3, 0.4) is 0 Å². The van der Waals surface area contributed by atoms with Crippen LogP contribution in [0.4, 0.5) is 11.6 Å². The molecule has 4 aromatic rings. The molecule has 31 heavy (non-hydrogen) atoms. The number of rotatable bonds is 10. The lowest BCUT2D eigenvalue weighted by molar-refractivity contribution is 0.635. The Morgan fingerprint density at radius 3 is 1.52 bits per heavy atom. The fraction of sp³-hybridized carbons (Fsp3) is 0.524. The molecule has 0 fully saturated rings. The van der Waals surface area contributed by atoms with E-state index in [1.54, 1.807) is 9.36 Å². The van der Waals surface area contributed by atoms with Gasteiger partial charge in [-0.05, 0) is 26.7 Å². The first-order chi connectivity index (χ1) is 15.0. The molecule has 0 amide bonds. The maximum Gasteiger partial charge on any atom is 0.163 e. The zero-order valence-electron chi connectivity index (χ0n) is 18.7. The molecule has 10 nitrogen and oxygen atoms in total. The molecule has 0 aromatic carbocycles. The van der Waals surface area contributed by atoms with Crippen molar-refractivity contribution in [1.82, 2.24) is 39.5 Å². The Morgan fingerprint density at radius 1 is 0.645 bits per heavy atom. The van der Waals surface area contributed by atoms with Crippen molar-refractivity contribution in [1.29, 1.82) is 0 Å². The van der Waals surface area contributed by atoms with E-state index in [1.807, 2.05) is 40.3 Å². The molecule has 0 spiro atoms. The number of nitrogens with one attached hydrogen (secondary N) is 2. The molecule has 0 bridgehead atoms. The molecule has 4 aromatic heterocycles. The minimum atomic E-state index is 0.758. The van der Waals surface area contributed by atoms with Crippen LogP contribution in [0, 0.1) is 13.8 Å². The second-order valence-corrected chi connectivity index (χ2v) is 7.87. The fourth-order valence-corrected chi connectivity index (χ4v) is 3.73. The maximum atomic E-state index is 4.53. The van der Waals surface area contributed by atoms with E-state index in [4.69, 9.17) is 0 Å². The fourth-order valence-electron chi connectivity index (χ4n) is 3.73. The number of hydrogen-bond donors (Lipinski definition) is 2. The molecule has 0 aliphatic rings. The van der Waals surface area contributed by atoms with Gasteiger partial charge in [-0.2, -0.15) is 10.2 Å². The van der Waals surface area contributed by atoms with E-state index in [0.717, 1.165) is 71.3 Å². The second kappa shape index (κ2) is 9.23. The van der Waals surface area contributed by atoms with Crippen LogP contribution in [0.1, 0.15) is 43.8 Å². The monoisotopic (exact) mass is 422 g/mol. The van der Waals surface area contributed by atoms with Gasteiger partial charge in [0.1, 0.15) is 23.3 Å². The molecular formula is C21H30N10. The van der Waals surface area contributed by atoms with Crippen LogP contribution in [0.15, 0.2) is 12.4 Å². The molecule has 0 saturated heterocycles. The zero-order valence-corrected chi connectivity index (χ0v) is 18.7. The summed E-state index contributed by atoms with van der Waals surface area (Å²) in [4.78, 5) is 18.0. The van der Waals surface area contributed by atoms with Crippen molar-refractivity contribution in [3.63, 3.8) is 0 Å². The Morgan fingerprint density at radius 2 is 1.06 bits per heavy atom. The maximum absolute atomic E-state index is 4.53. The van der Waals surface area contributed by atoms with Crippen LogP contribution < -0.4 is 10.6 Å². The summed E-state index contributed by atoms with van der Waals surface area (Å²) in [6, 6.07) is 0. The van der Waals surface area contributed by atoms with Gasteiger partial charge in [0.2, 0.25) is 0 Å². The lowest BCUT2D eigenvalue weighted by Gasteiger charge is -2.09. The Hall–Kier alpha value is -3.30. The normalized spacial score (nSPS) is 11.5. The predicted molar refractivity (Wildman–Crippen MR) is 122 cm³/mol. The summed E-state index contributed by atoms with van der Waals surface area (Å²) >= 11 is 0. The highest BCUT2D eigenvalue weighted by Crippen LogP contribution is 2.20. The molecule has 164 valence electrons. The smallest absolute Gasteiger partial charge is 0.163 e. The van der Waals surface area contributed by atoms with Gasteiger partial charge >= 0.3 is 0 Å². The van der Waals surface area contributed by atoms with E-state index in [0.29, 0.717) is 0 Å². The number of aromatic nitrogens is 8. The highest BCUT2D eigenvalue weighted by atomic mass is 15.3. The number of fused-ring (bicyclic) bond motifs is 2. The van der Waals surface area contributed by atoms with E-state index in [9.17, 15) is 0 Å². The topological polar surface area (TPSA) is 111 Å². The number of anilines is 2. The third kappa shape index (κ3) is 4.73. The molecule has 0 saturated carbocycles. The highest BCUT2D eigenvalue weighted by Gasteiger charge is 2.10. The summed E-state index contributed by atoms with van der Waals surface area (Å²) < 4.78 is 3.57. The van der Waals surface area contributed by atoms with E-state index in [1.165, 1.54) is 19.3 Å². The van der Waals surface area contributed by atoms with Crippen molar-refractivity contribution < 1.29 is 0 Å². The van der Waals surface area contributed by atoms with Gasteiger partial charge in [0.15, 0.2) is 11.3 Å². The first-order valence-electron chi connectivity index (χ1n) is 10.8. The van der Waals surface area contributed by atoms with Gasteiger partial charge in [0.05, 0.1) is 23.2 Å². The van der Waals surface area contributed by atoms with Gasteiger partial charge in [0.25, 0.3) is 0 Å².